The lowest BCUT2D eigenvalue weighted by Gasteiger charge is -2.33. The van der Waals surface area contributed by atoms with Crippen LogP contribution in [0.5, 0.6) is 5.75 Å². The highest BCUT2D eigenvalue weighted by Crippen LogP contribution is 2.26. The van der Waals surface area contributed by atoms with E-state index < -0.39 is 11.6 Å². The third kappa shape index (κ3) is 2.62. The zero-order chi connectivity index (χ0) is 11.6. The van der Waals surface area contributed by atoms with E-state index in [0.717, 1.165) is 0 Å². The SMILES string of the molecule is CC(C)(C)N(C(=O)O)c1cccc(O)c1. The predicted octanol–water partition coefficient (Wildman–Crippen LogP) is 2.68. The summed E-state index contributed by atoms with van der Waals surface area (Å²) in [4.78, 5) is 12.3. The lowest BCUT2D eigenvalue weighted by atomic mass is 10.1. The molecule has 1 aromatic carbocycles. The number of carbonyl (C=O) groups is 1. The standard InChI is InChI=1S/C11H15NO3/c1-11(2,3)12(10(14)15)8-5-4-6-9(13)7-8/h4-7,13H,1-3H3,(H,14,15). The maximum absolute atomic E-state index is 11.1. The molecule has 0 atom stereocenters. The van der Waals surface area contributed by atoms with Crippen LogP contribution in [0.25, 0.3) is 0 Å². The van der Waals surface area contributed by atoms with Crippen LogP contribution in [0.4, 0.5) is 10.5 Å². The molecule has 0 aliphatic heterocycles. The summed E-state index contributed by atoms with van der Waals surface area (Å²) in [5.41, 5.74) is -0.0744. The topological polar surface area (TPSA) is 60.8 Å². The number of hydrogen-bond acceptors (Lipinski definition) is 2. The van der Waals surface area contributed by atoms with Crippen molar-refractivity contribution in [2.75, 3.05) is 4.90 Å². The lowest BCUT2D eigenvalue weighted by molar-refractivity contribution is 0.195. The Kier molecular flexibility index (Phi) is 2.88. The van der Waals surface area contributed by atoms with Crippen LogP contribution in [0.2, 0.25) is 0 Å². The van der Waals surface area contributed by atoms with E-state index in [2.05, 4.69) is 0 Å². The van der Waals surface area contributed by atoms with Crippen LogP contribution in [0.1, 0.15) is 20.8 Å². The second-order valence-corrected chi connectivity index (χ2v) is 4.31. The second kappa shape index (κ2) is 3.81. The highest BCUT2D eigenvalue weighted by molar-refractivity contribution is 5.87. The molecule has 0 saturated heterocycles. The Morgan fingerprint density at radius 1 is 1.33 bits per heavy atom. The quantitative estimate of drug-likeness (QED) is 0.747. The van der Waals surface area contributed by atoms with Gasteiger partial charge in [0.25, 0.3) is 0 Å². The molecule has 0 aliphatic carbocycles. The Labute approximate surface area is 88.8 Å². The van der Waals surface area contributed by atoms with Gasteiger partial charge in [-0.1, -0.05) is 6.07 Å². The molecule has 0 heterocycles. The Balaban J connectivity index is 3.16. The Morgan fingerprint density at radius 3 is 2.33 bits per heavy atom. The van der Waals surface area contributed by atoms with Crippen molar-refractivity contribution in [3.63, 3.8) is 0 Å². The molecule has 1 rings (SSSR count). The Hall–Kier alpha value is -1.71. The first-order valence-electron chi connectivity index (χ1n) is 4.64. The van der Waals surface area contributed by atoms with Crippen molar-refractivity contribution in [2.45, 2.75) is 26.3 Å². The molecule has 2 N–H and O–H groups in total. The number of amides is 1. The normalized spacial score (nSPS) is 11.1. The van der Waals surface area contributed by atoms with E-state index in [0.29, 0.717) is 5.69 Å². The predicted molar refractivity (Wildman–Crippen MR) is 58.4 cm³/mol. The summed E-state index contributed by atoms with van der Waals surface area (Å²) >= 11 is 0. The fourth-order valence-electron chi connectivity index (χ4n) is 1.42. The number of phenols is 1. The molecule has 0 unspecified atom stereocenters. The molecule has 0 saturated carbocycles. The zero-order valence-corrected chi connectivity index (χ0v) is 9.06. The van der Waals surface area contributed by atoms with Gasteiger partial charge in [-0.25, -0.2) is 4.79 Å². The average Bonchev–Trinajstić information content (AvgIpc) is 1.99. The number of hydrogen-bond donors (Lipinski definition) is 2. The van der Waals surface area contributed by atoms with E-state index in [9.17, 15) is 9.90 Å². The van der Waals surface area contributed by atoms with Gasteiger partial charge in [0.15, 0.2) is 0 Å². The van der Waals surface area contributed by atoms with Gasteiger partial charge >= 0.3 is 6.09 Å². The van der Waals surface area contributed by atoms with Gasteiger partial charge in [0.1, 0.15) is 5.75 Å². The van der Waals surface area contributed by atoms with Crippen LogP contribution in [0.3, 0.4) is 0 Å². The van der Waals surface area contributed by atoms with Crippen molar-refractivity contribution in [3.8, 4) is 5.75 Å². The molecule has 82 valence electrons. The second-order valence-electron chi connectivity index (χ2n) is 4.31. The number of benzene rings is 1. The minimum Gasteiger partial charge on any atom is -0.508 e. The summed E-state index contributed by atoms with van der Waals surface area (Å²) < 4.78 is 0. The van der Waals surface area contributed by atoms with E-state index in [4.69, 9.17) is 5.11 Å². The zero-order valence-electron chi connectivity index (χ0n) is 9.06. The monoisotopic (exact) mass is 209 g/mol. The van der Waals surface area contributed by atoms with Crippen LogP contribution >= 0.6 is 0 Å². The molecule has 0 fully saturated rings. The summed E-state index contributed by atoms with van der Waals surface area (Å²) in [7, 11) is 0. The van der Waals surface area contributed by atoms with Gasteiger partial charge in [-0.05, 0) is 32.9 Å². The van der Waals surface area contributed by atoms with Gasteiger partial charge in [-0.3, -0.25) is 4.90 Å². The van der Waals surface area contributed by atoms with Crippen molar-refractivity contribution in [2.24, 2.45) is 0 Å². The maximum atomic E-state index is 11.1. The summed E-state index contributed by atoms with van der Waals surface area (Å²) in [6, 6.07) is 6.21. The molecule has 0 radical (unpaired) electrons. The van der Waals surface area contributed by atoms with Crippen molar-refractivity contribution in [3.05, 3.63) is 24.3 Å². The number of rotatable bonds is 1. The van der Waals surface area contributed by atoms with Gasteiger partial charge in [0, 0.05) is 11.6 Å². The van der Waals surface area contributed by atoms with E-state index in [1.165, 1.54) is 17.0 Å². The molecule has 1 amide bonds. The first-order chi connectivity index (χ1) is 6.82. The summed E-state index contributed by atoms with van der Waals surface area (Å²) in [5.74, 6) is 0.0583. The number of aromatic hydroxyl groups is 1. The minimum absolute atomic E-state index is 0.0583. The fourth-order valence-corrected chi connectivity index (χ4v) is 1.42. The molecular formula is C11H15NO3. The molecular weight excluding hydrogens is 194 g/mol. The fraction of sp³-hybridized carbons (Fsp3) is 0.364. The van der Waals surface area contributed by atoms with Crippen molar-refractivity contribution in [1.82, 2.24) is 0 Å². The van der Waals surface area contributed by atoms with E-state index in [-0.39, 0.29) is 5.75 Å². The van der Waals surface area contributed by atoms with Crippen LogP contribution in [0, 0.1) is 0 Å². The molecule has 0 bridgehead atoms. The van der Waals surface area contributed by atoms with Gasteiger partial charge in [-0.2, -0.15) is 0 Å². The molecule has 15 heavy (non-hydrogen) atoms. The number of anilines is 1. The third-order valence-corrected chi connectivity index (χ3v) is 1.95. The number of phenolic OH excluding ortho intramolecular Hbond substituents is 1. The summed E-state index contributed by atoms with van der Waals surface area (Å²) in [6.45, 7) is 5.39. The van der Waals surface area contributed by atoms with Crippen LogP contribution < -0.4 is 4.90 Å². The summed E-state index contributed by atoms with van der Waals surface area (Å²) in [6.07, 6.45) is -1.03. The molecule has 0 aliphatic rings. The van der Waals surface area contributed by atoms with Crippen molar-refractivity contribution < 1.29 is 15.0 Å². The van der Waals surface area contributed by atoms with Crippen molar-refractivity contribution >= 4 is 11.8 Å². The summed E-state index contributed by atoms with van der Waals surface area (Å²) in [5, 5.41) is 18.4. The van der Waals surface area contributed by atoms with E-state index in [1.54, 1.807) is 32.9 Å². The first-order valence-corrected chi connectivity index (χ1v) is 4.64. The van der Waals surface area contributed by atoms with Crippen LogP contribution in [0.15, 0.2) is 24.3 Å². The number of nitrogens with zero attached hydrogens (tertiary/aromatic N) is 1. The third-order valence-electron chi connectivity index (χ3n) is 1.95. The maximum Gasteiger partial charge on any atom is 0.412 e. The highest BCUT2D eigenvalue weighted by Gasteiger charge is 2.27. The minimum atomic E-state index is -1.03. The van der Waals surface area contributed by atoms with Crippen LogP contribution in [-0.4, -0.2) is 21.8 Å². The van der Waals surface area contributed by atoms with Gasteiger partial charge < -0.3 is 10.2 Å². The van der Waals surface area contributed by atoms with Gasteiger partial charge in [-0.15, -0.1) is 0 Å². The van der Waals surface area contributed by atoms with E-state index in [1.807, 2.05) is 0 Å². The highest BCUT2D eigenvalue weighted by atomic mass is 16.4. The Bertz CT molecular complexity index is 368. The first kappa shape index (κ1) is 11.4. The lowest BCUT2D eigenvalue weighted by Crippen LogP contribution is -2.45. The number of carboxylic acid groups (broad SMARTS) is 1. The molecule has 4 nitrogen and oxygen atoms in total. The van der Waals surface area contributed by atoms with Gasteiger partial charge in [0.05, 0.1) is 5.69 Å². The smallest absolute Gasteiger partial charge is 0.412 e. The van der Waals surface area contributed by atoms with E-state index >= 15 is 0 Å². The van der Waals surface area contributed by atoms with Crippen LogP contribution in [-0.2, 0) is 0 Å². The molecule has 1 aromatic rings. The molecule has 4 heteroatoms. The molecule has 0 spiro atoms. The molecule has 0 aromatic heterocycles. The van der Waals surface area contributed by atoms with Gasteiger partial charge in [0.2, 0.25) is 0 Å². The largest absolute Gasteiger partial charge is 0.508 e. The Morgan fingerprint density at radius 2 is 1.93 bits per heavy atom. The van der Waals surface area contributed by atoms with Crippen molar-refractivity contribution in [1.29, 1.82) is 0 Å². The average molecular weight is 209 g/mol.